The summed E-state index contributed by atoms with van der Waals surface area (Å²) in [5.74, 6) is -0.675. The maximum Gasteiger partial charge on any atom is 0.433 e. The summed E-state index contributed by atoms with van der Waals surface area (Å²) in [7, 11) is 0. The van der Waals surface area contributed by atoms with Crippen LogP contribution in [0.25, 0.3) is 32.2 Å². The summed E-state index contributed by atoms with van der Waals surface area (Å²) >= 11 is 0.701. The monoisotopic (exact) mass is 745 g/mol. The molecule has 7 rings (SSSR count). The minimum atomic E-state index is -5.00. The van der Waals surface area contributed by atoms with E-state index in [0.717, 1.165) is 31.5 Å². The number of carbonyl (C=O) groups excluding carboxylic acids is 1. The van der Waals surface area contributed by atoms with Gasteiger partial charge >= 0.3 is 18.3 Å². The van der Waals surface area contributed by atoms with Gasteiger partial charge < -0.3 is 19.1 Å². The van der Waals surface area contributed by atoms with Gasteiger partial charge in [0.2, 0.25) is 0 Å². The van der Waals surface area contributed by atoms with Gasteiger partial charge in [-0.3, -0.25) is 10.2 Å². The Balaban J connectivity index is 1.39. The Kier molecular flexibility index (Phi) is 9.37. The molecule has 0 spiro atoms. The van der Waals surface area contributed by atoms with E-state index in [2.05, 4.69) is 25.2 Å². The van der Waals surface area contributed by atoms with Crippen LogP contribution in [0.2, 0.25) is 0 Å². The highest BCUT2D eigenvalue weighted by Gasteiger charge is 2.49. The maximum absolute atomic E-state index is 15.3. The zero-order valence-corrected chi connectivity index (χ0v) is 29.5. The number of nitriles is 1. The summed E-state index contributed by atoms with van der Waals surface area (Å²) in [6, 6.07) is 5.16. The molecule has 4 aromatic rings. The Morgan fingerprint density at radius 3 is 2.69 bits per heavy atom. The summed E-state index contributed by atoms with van der Waals surface area (Å²) in [4.78, 5) is 29.7. The lowest BCUT2D eigenvalue weighted by atomic mass is 9.95. The van der Waals surface area contributed by atoms with Gasteiger partial charge in [-0.15, -0.1) is 11.3 Å². The summed E-state index contributed by atoms with van der Waals surface area (Å²) in [5, 5.41) is 12.4. The van der Waals surface area contributed by atoms with Crippen molar-refractivity contribution in [2.24, 2.45) is 0 Å². The molecule has 0 aliphatic carbocycles. The number of nitrogens with one attached hydrogen (secondary N) is 1. The quantitative estimate of drug-likeness (QED) is 0.199. The third-order valence-corrected chi connectivity index (χ3v) is 10.6. The zero-order valence-electron chi connectivity index (χ0n) is 28.7. The van der Waals surface area contributed by atoms with Gasteiger partial charge in [0, 0.05) is 43.6 Å². The molecule has 1 amide bonds. The average molecular weight is 746 g/mol. The minimum Gasteiger partial charge on any atom is -0.461 e. The van der Waals surface area contributed by atoms with Crippen LogP contribution >= 0.6 is 11.3 Å². The molecule has 3 aromatic heterocycles. The van der Waals surface area contributed by atoms with Gasteiger partial charge in [-0.25, -0.2) is 18.6 Å². The molecule has 11 nitrogen and oxygen atoms in total. The number of benzene rings is 1. The number of aromatic nitrogens is 3. The van der Waals surface area contributed by atoms with Crippen molar-refractivity contribution in [3.05, 3.63) is 35.3 Å². The molecular weight excluding hydrogens is 709 g/mol. The number of rotatable bonds is 6. The molecule has 1 aromatic carbocycles. The van der Waals surface area contributed by atoms with Gasteiger partial charge in [-0.2, -0.15) is 28.4 Å². The molecule has 0 unspecified atom stereocenters. The number of hydrogen-bond donors (Lipinski definition) is 1. The Bertz CT molecular complexity index is 2070. The minimum absolute atomic E-state index is 0.0158. The summed E-state index contributed by atoms with van der Waals surface area (Å²) in [6.45, 7) is 7.56. The van der Waals surface area contributed by atoms with E-state index in [1.54, 1.807) is 25.7 Å². The number of fused-ring (bicyclic) bond motifs is 3. The van der Waals surface area contributed by atoms with Crippen LogP contribution in [-0.2, 0) is 15.7 Å². The number of halogens is 5. The van der Waals surface area contributed by atoms with Gasteiger partial charge in [0.05, 0.1) is 27.9 Å². The van der Waals surface area contributed by atoms with Gasteiger partial charge in [-0.1, -0.05) is 6.07 Å². The van der Waals surface area contributed by atoms with Crippen LogP contribution in [0, 0.1) is 17.1 Å². The van der Waals surface area contributed by atoms with E-state index in [1.807, 2.05) is 6.07 Å². The lowest BCUT2D eigenvalue weighted by Gasteiger charge is -2.31. The number of hydrogen-bond acceptors (Lipinski definition) is 11. The zero-order chi connectivity index (χ0) is 37.0. The van der Waals surface area contributed by atoms with Crippen LogP contribution in [0.4, 0.5) is 37.6 Å². The molecule has 276 valence electrons. The van der Waals surface area contributed by atoms with E-state index < -0.39 is 46.7 Å². The first kappa shape index (κ1) is 36.0. The van der Waals surface area contributed by atoms with E-state index in [-0.39, 0.29) is 55.7 Å². The molecule has 0 radical (unpaired) electrons. The van der Waals surface area contributed by atoms with E-state index in [9.17, 15) is 14.4 Å². The lowest BCUT2D eigenvalue weighted by molar-refractivity contribution is -0.140. The van der Waals surface area contributed by atoms with E-state index in [0.29, 0.717) is 57.0 Å². The number of amides is 1. The second-order valence-electron chi connectivity index (χ2n) is 14.2. The fourth-order valence-corrected chi connectivity index (χ4v) is 8.39. The number of nitrogens with zero attached hydrogens (tertiary/aromatic N) is 6. The molecule has 6 heterocycles. The number of anilines is 2. The first-order chi connectivity index (χ1) is 24.7. The lowest BCUT2D eigenvalue weighted by Crippen LogP contribution is -2.43. The molecule has 52 heavy (non-hydrogen) atoms. The highest BCUT2D eigenvalue weighted by molar-refractivity contribution is 7.23. The topological polar surface area (TPSA) is 126 Å². The van der Waals surface area contributed by atoms with E-state index in [1.165, 1.54) is 6.07 Å². The smallest absolute Gasteiger partial charge is 0.433 e. The van der Waals surface area contributed by atoms with Crippen LogP contribution in [-0.4, -0.2) is 89.3 Å². The van der Waals surface area contributed by atoms with Crippen LogP contribution < -0.4 is 15.0 Å². The number of ether oxygens (including phenoxy) is 3. The van der Waals surface area contributed by atoms with Crippen molar-refractivity contribution in [3.8, 4) is 23.2 Å². The first-order valence-corrected chi connectivity index (χ1v) is 17.8. The number of alkyl halides is 4. The largest absolute Gasteiger partial charge is 0.461 e. The molecular formula is C35H36F5N7O4S. The van der Waals surface area contributed by atoms with Gasteiger partial charge in [0.1, 0.15) is 40.8 Å². The van der Waals surface area contributed by atoms with Crippen molar-refractivity contribution in [1.29, 1.82) is 5.26 Å². The van der Waals surface area contributed by atoms with Crippen molar-refractivity contribution in [2.45, 2.75) is 69.9 Å². The van der Waals surface area contributed by atoms with Gasteiger partial charge in [0.15, 0.2) is 11.5 Å². The predicted octanol–water partition coefficient (Wildman–Crippen LogP) is 7.46. The van der Waals surface area contributed by atoms with Crippen LogP contribution in [0.15, 0.2) is 18.2 Å². The van der Waals surface area contributed by atoms with Crippen molar-refractivity contribution in [3.63, 3.8) is 0 Å². The molecule has 0 saturated carbocycles. The maximum atomic E-state index is 15.3. The molecule has 0 bridgehead atoms. The van der Waals surface area contributed by atoms with E-state index >= 15 is 17.6 Å². The van der Waals surface area contributed by atoms with Crippen LogP contribution in [0.1, 0.15) is 57.7 Å². The molecule has 2 atom stereocenters. The second-order valence-corrected chi connectivity index (χ2v) is 15.3. The summed E-state index contributed by atoms with van der Waals surface area (Å²) in [5.41, 5.74) is -3.69. The van der Waals surface area contributed by atoms with Crippen LogP contribution in [0.5, 0.6) is 6.01 Å². The van der Waals surface area contributed by atoms with Crippen molar-refractivity contribution >= 4 is 49.4 Å². The van der Waals surface area contributed by atoms with Gasteiger partial charge in [0.25, 0.3) is 0 Å². The molecule has 3 aliphatic heterocycles. The Hall–Kier alpha value is -4.40. The molecule has 3 fully saturated rings. The predicted molar refractivity (Wildman–Crippen MR) is 184 cm³/mol. The Morgan fingerprint density at radius 1 is 1.13 bits per heavy atom. The highest BCUT2D eigenvalue weighted by atomic mass is 32.1. The second kappa shape index (κ2) is 13.5. The summed E-state index contributed by atoms with van der Waals surface area (Å²) in [6.07, 6.45) is -4.42. The highest BCUT2D eigenvalue weighted by Crippen LogP contribution is 2.47. The number of thiophene rings is 1. The molecule has 17 heteroatoms. The Labute approximate surface area is 299 Å². The van der Waals surface area contributed by atoms with Crippen LogP contribution in [0.3, 0.4) is 0 Å². The molecule has 1 N–H and O–H groups in total. The first-order valence-electron chi connectivity index (χ1n) is 17.0. The number of carbonyl (C=O) groups is 1. The molecule has 3 saturated heterocycles. The Morgan fingerprint density at radius 2 is 1.94 bits per heavy atom. The van der Waals surface area contributed by atoms with Crippen molar-refractivity contribution in [2.75, 3.05) is 56.2 Å². The number of pyridine rings is 1. The molecule has 3 aliphatic rings. The standard InChI is InChI=1S/C35H36F5N7O4S/c1-33(2,3)51-32(48)45-30-22(16-41)25-20(6-7-23(37)27(25)52-30)21-14-24-26(43-28(21)35(38,39)40)29(46-9-5-12-49-13-11-46)44-31(42-24)50-18-34-8-4-10-47(34)17-19(36)15-34/h6-7,14,19H,4-5,8-13,15,17-18H2,1-3H3,(H,45,48)/t19-,34+/m1/s1. The fourth-order valence-electron chi connectivity index (χ4n) is 7.32. The van der Waals surface area contributed by atoms with Gasteiger partial charge in [-0.05, 0) is 64.3 Å². The fraction of sp³-hybridized carbons (Fsp3) is 0.514. The third-order valence-electron chi connectivity index (χ3n) is 9.46. The van der Waals surface area contributed by atoms with Crippen molar-refractivity contribution < 1.29 is 41.0 Å². The van der Waals surface area contributed by atoms with E-state index in [4.69, 9.17) is 14.2 Å². The summed E-state index contributed by atoms with van der Waals surface area (Å²) < 4.78 is 91.8. The van der Waals surface area contributed by atoms with Crippen molar-refractivity contribution in [1.82, 2.24) is 19.9 Å². The third kappa shape index (κ3) is 6.91. The average Bonchev–Trinajstić information content (AvgIpc) is 3.63. The normalized spacial score (nSPS) is 21.3. The SMILES string of the molecule is CC(C)(C)OC(=O)Nc1sc2c(F)ccc(-c3cc4nc(OC[C@@]56CCCN5C[C@H](F)C6)nc(N5CCCOCC5)c4nc3C(F)(F)F)c2c1C#N.